The molecule has 0 unspecified atom stereocenters. The number of aromatic amines is 1. The van der Waals surface area contributed by atoms with Crippen LogP contribution in [0, 0.1) is 0 Å². The monoisotopic (exact) mass is 446 g/mol. The first-order valence-electron chi connectivity index (χ1n) is 8.60. The lowest BCUT2D eigenvalue weighted by Crippen LogP contribution is -2.34. The Hall–Kier alpha value is -2.16. The molecule has 6 nitrogen and oxygen atoms in total. The van der Waals surface area contributed by atoms with E-state index >= 15 is 0 Å². The number of imidazole rings is 1. The van der Waals surface area contributed by atoms with E-state index in [0.29, 0.717) is 30.2 Å². The first kappa shape index (κ1) is 18.2. The molecule has 0 spiro atoms. The lowest BCUT2D eigenvalue weighted by Gasteiger charge is -2.24. The van der Waals surface area contributed by atoms with Crippen LogP contribution in [0.1, 0.15) is 11.3 Å². The highest BCUT2D eigenvalue weighted by Gasteiger charge is 2.33. The second-order valence-corrected chi connectivity index (χ2v) is 9.24. The number of H-pyrrole nitrogens is 1. The van der Waals surface area contributed by atoms with Crippen molar-refractivity contribution < 1.29 is 8.42 Å². The zero-order chi connectivity index (χ0) is 18.9. The number of hydrogen-bond acceptors (Lipinski definition) is 4. The molecule has 0 fully saturated rings. The summed E-state index contributed by atoms with van der Waals surface area (Å²) in [6.07, 6.45) is 3.29. The van der Waals surface area contributed by atoms with E-state index in [1.54, 1.807) is 18.6 Å². The van der Waals surface area contributed by atoms with Crippen LogP contribution in [0.5, 0.6) is 0 Å². The van der Waals surface area contributed by atoms with Crippen molar-refractivity contribution in [3.8, 4) is 0 Å². The number of anilines is 1. The van der Waals surface area contributed by atoms with Crippen molar-refractivity contribution >= 4 is 31.6 Å². The minimum atomic E-state index is -3.64. The Bertz CT molecular complexity index is 1020. The minimum absolute atomic E-state index is 0.247. The molecule has 1 N–H and O–H groups in total. The van der Waals surface area contributed by atoms with Crippen molar-refractivity contribution in [2.45, 2.75) is 18.0 Å². The van der Waals surface area contributed by atoms with E-state index in [9.17, 15) is 8.42 Å². The van der Waals surface area contributed by atoms with Crippen LogP contribution in [0.2, 0.25) is 0 Å². The molecule has 1 aliphatic heterocycles. The van der Waals surface area contributed by atoms with Crippen molar-refractivity contribution in [1.29, 1.82) is 0 Å². The van der Waals surface area contributed by atoms with E-state index in [-0.39, 0.29) is 6.54 Å². The van der Waals surface area contributed by atoms with Gasteiger partial charge in [0.15, 0.2) is 0 Å². The fourth-order valence-electron chi connectivity index (χ4n) is 3.26. The molecule has 2 aromatic carbocycles. The average Bonchev–Trinajstić information content (AvgIpc) is 3.15. The van der Waals surface area contributed by atoms with Gasteiger partial charge in [-0.1, -0.05) is 46.3 Å². The number of benzene rings is 2. The summed E-state index contributed by atoms with van der Waals surface area (Å²) in [7, 11) is -3.64. The highest BCUT2D eigenvalue weighted by molar-refractivity contribution is 9.10. The Balaban J connectivity index is 1.74. The van der Waals surface area contributed by atoms with E-state index in [1.807, 2.05) is 30.3 Å². The molecular formula is C19H19BrN4O2S. The number of nitrogens with zero attached hydrogens (tertiary/aromatic N) is 3. The molecule has 8 heteroatoms. The zero-order valence-corrected chi connectivity index (χ0v) is 16.9. The summed E-state index contributed by atoms with van der Waals surface area (Å²) < 4.78 is 28.9. The van der Waals surface area contributed by atoms with Crippen LogP contribution >= 0.6 is 15.9 Å². The predicted octanol–water partition coefficient (Wildman–Crippen LogP) is 3.38. The molecule has 0 bridgehead atoms. The molecule has 3 aromatic rings. The van der Waals surface area contributed by atoms with Gasteiger partial charge in [0.1, 0.15) is 4.90 Å². The van der Waals surface area contributed by atoms with Gasteiger partial charge in [0, 0.05) is 30.3 Å². The molecule has 0 radical (unpaired) electrons. The molecule has 0 amide bonds. The molecule has 27 heavy (non-hydrogen) atoms. The maximum atomic E-state index is 13.3. The third-order valence-corrected chi connectivity index (χ3v) is 6.98. The number of nitrogens with one attached hydrogen (secondary N) is 1. The molecule has 2 heterocycles. The molecule has 1 aromatic heterocycles. The van der Waals surface area contributed by atoms with E-state index in [4.69, 9.17) is 0 Å². The summed E-state index contributed by atoms with van der Waals surface area (Å²) >= 11 is 3.42. The first-order valence-corrected chi connectivity index (χ1v) is 10.8. The van der Waals surface area contributed by atoms with Crippen LogP contribution in [-0.2, 0) is 23.1 Å². The van der Waals surface area contributed by atoms with Crippen molar-refractivity contribution in [2.75, 3.05) is 18.0 Å². The van der Waals surface area contributed by atoms with Crippen LogP contribution in [0.15, 0.2) is 70.4 Å². The van der Waals surface area contributed by atoms with Crippen molar-refractivity contribution in [3.05, 3.63) is 76.8 Å². The third-order valence-electron chi connectivity index (χ3n) is 4.61. The maximum Gasteiger partial charge on any atom is 0.245 e. The quantitative estimate of drug-likeness (QED) is 0.666. The van der Waals surface area contributed by atoms with Gasteiger partial charge in [-0.3, -0.25) is 0 Å². The van der Waals surface area contributed by atoms with Gasteiger partial charge in [-0.05, 0) is 23.8 Å². The zero-order valence-electron chi connectivity index (χ0n) is 14.5. The Morgan fingerprint density at radius 3 is 2.63 bits per heavy atom. The molecule has 0 aliphatic carbocycles. The van der Waals surface area contributed by atoms with E-state index < -0.39 is 10.0 Å². The van der Waals surface area contributed by atoms with Crippen LogP contribution in [-0.4, -0.2) is 35.8 Å². The fraction of sp³-hybridized carbons (Fsp3) is 0.211. The molecule has 4 rings (SSSR count). The number of aromatic nitrogens is 2. The standard InChI is InChI=1S/C19H19BrN4O2S/c20-16-6-7-18-19(10-16)27(25,26)24(13-17-11-21-14-22-17)9-8-23(18)12-15-4-2-1-3-5-15/h1-7,10-11,14H,8-9,12-13H2,(H,21,22). The summed E-state index contributed by atoms with van der Waals surface area (Å²) in [5, 5.41) is 0. The predicted molar refractivity (Wildman–Crippen MR) is 108 cm³/mol. The maximum absolute atomic E-state index is 13.3. The summed E-state index contributed by atoms with van der Waals surface area (Å²) in [5.74, 6) is 0. The van der Waals surface area contributed by atoms with Crippen LogP contribution in [0.25, 0.3) is 0 Å². The van der Waals surface area contributed by atoms with Crippen LogP contribution < -0.4 is 4.90 Å². The number of halogens is 1. The van der Waals surface area contributed by atoms with Crippen molar-refractivity contribution in [1.82, 2.24) is 14.3 Å². The van der Waals surface area contributed by atoms with Crippen molar-refractivity contribution in [3.63, 3.8) is 0 Å². The molecule has 0 saturated heterocycles. The van der Waals surface area contributed by atoms with Gasteiger partial charge in [0.25, 0.3) is 0 Å². The lowest BCUT2D eigenvalue weighted by molar-refractivity contribution is 0.411. The van der Waals surface area contributed by atoms with Gasteiger partial charge in [-0.2, -0.15) is 4.31 Å². The number of fused-ring (bicyclic) bond motifs is 1. The van der Waals surface area contributed by atoms with Crippen molar-refractivity contribution in [2.24, 2.45) is 0 Å². The average molecular weight is 447 g/mol. The Morgan fingerprint density at radius 1 is 1.07 bits per heavy atom. The Labute approximate surface area is 167 Å². The normalized spacial score (nSPS) is 16.7. The van der Waals surface area contributed by atoms with Gasteiger partial charge in [-0.15, -0.1) is 0 Å². The largest absolute Gasteiger partial charge is 0.365 e. The van der Waals surface area contributed by atoms with Gasteiger partial charge in [-0.25, -0.2) is 13.4 Å². The van der Waals surface area contributed by atoms with Gasteiger partial charge in [0.05, 0.1) is 24.3 Å². The molecule has 0 atom stereocenters. The van der Waals surface area contributed by atoms with Crippen LogP contribution in [0.3, 0.4) is 0 Å². The molecule has 0 saturated carbocycles. The van der Waals surface area contributed by atoms with E-state index in [2.05, 4.69) is 42.9 Å². The molecular weight excluding hydrogens is 428 g/mol. The topological polar surface area (TPSA) is 69.3 Å². The fourth-order valence-corrected chi connectivity index (χ4v) is 5.41. The van der Waals surface area contributed by atoms with Gasteiger partial charge in [0.2, 0.25) is 10.0 Å². The molecule has 140 valence electrons. The SMILES string of the molecule is O=S1(=O)c2cc(Br)ccc2N(Cc2ccccc2)CCN1Cc1c[nH]cn1. The van der Waals surface area contributed by atoms with Gasteiger partial charge >= 0.3 is 0 Å². The minimum Gasteiger partial charge on any atom is -0.365 e. The summed E-state index contributed by atoms with van der Waals surface area (Å²) in [6, 6.07) is 15.5. The summed E-state index contributed by atoms with van der Waals surface area (Å²) in [4.78, 5) is 9.51. The number of hydrogen-bond donors (Lipinski definition) is 1. The highest BCUT2D eigenvalue weighted by Crippen LogP contribution is 2.34. The second-order valence-electron chi connectivity index (χ2n) is 6.42. The second kappa shape index (κ2) is 7.46. The summed E-state index contributed by atoms with van der Waals surface area (Å²) in [5.41, 5.74) is 2.57. The van der Waals surface area contributed by atoms with Crippen LogP contribution in [0.4, 0.5) is 5.69 Å². The number of rotatable bonds is 4. The third kappa shape index (κ3) is 3.78. The smallest absolute Gasteiger partial charge is 0.245 e. The Morgan fingerprint density at radius 2 is 1.89 bits per heavy atom. The van der Waals surface area contributed by atoms with E-state index in [0.717, 1.165) is 15.7 Å². The number of sulfonamides is 1. The summed E-state index contributed by atoms with van der Waals surface area (Å²) in [6.45, 7) is 1.90. The molecule has 1 aliphatic rings. The lowest BCUT2D eigenvalue weighted by atomic mass is 10.2. The highest BCUT2D eigenvalue weighted by atomic mass is 79.9. The van der Waals surface area contributed by atoms with Gasteiger partial charge < -0.3 is 9.88 Å². The first-order chi connectivity index (χ1) is 13.0. The van der Waals surface area contributed by atoms with E-state index in [1.165, 1.54) is 4.31 Å². The Kier molecular flexibility index (Phi) is 5.03.